The van der Waals surface area contributed by atoms with Crippen LogP contribution in [0.4, 0.5) is 13.2 Å². The second kappa shape index (κ2) is 7.31. The summed E-state index contributed by atoms with van der Waals surface area (Å²) in [5.74, 6) is 0. The molecule has 6 nitrogen and oxygen atoms in total. The average Bonchev–Trinajstić information content (AvgIpc) is 3.36. The van der Waals surface area contributed by atoms with E-state index in [0.29, 0.717) is 22.2 Å². The lowest BCUT2D eigenvalue weighted by Crippen LogP contribution is -2.40. The van der Waals surface area contributed by atoms with Crippen LogP contribution in [0.1, 0.15) is 30.5 Å². The molecule has 0 radical (unpaired) electrons. The highest BCUT2D eigenvalue weighted by Gasteiger charge is 2.38. The van der Waals surface area contributed by atoms with Gasteiger partial charge < -0.3 is 4.74 Å². The molecule has 0 aromatic carbocycles. The summed E-state index contributed by atoms with van der Waals surface area (Å²) in [5, 5.41) is 4.32. The topological polar surface area (TPSA) is 55.5 Å². The van der Waals surface area contributed by atoms with E-state index >= 15 is 0 Å². The SMILES string of the molecule is FC(F)(F)c1cc(-c2cnn3cc(CN4CCC5(CCOC5)CC4)cnc23)ccn1. The molecule has 0 aliphatic carbocycles. The van der Waals surface area contributed by atoms with E-state index < -0.39 is 11.9 Å². The molecule has 2 aliphatic rings. The van der Waals surface area contributed by atoms with Gasteiger partial charge in [0, 0.05) is 42.9 Å². The van der Waals surface area contributed by atoms with Gasteiger partial charge in [-0.15, -0.1) is 0 Å². The van der Waals surface area contributed by atoms with E-state index in [4.69, 9.17) is 4.74 Å². The molecular formula is C21H22F3N5O. The molecule has 0 atom stereocenters. The van der Waals surface area contributed by atoms with Crippen LogP contribution >= 0.6 is 0 Å². The van der Waals surface area contributed by atoms with Gasteiger partial charge >= 0.3 is 6.18 Å². The van der Waals surface area contributed by atoms with Crippen LogP contribution in [0.25, 0.3) is 16.8 Å². The van der Waals surface area contributed by atoms with Gasteiger partial charge in [0.05, 0.1) is 12.8 Å². The van der Waals surface area contributed by atoms with Crippen molar-refractivity contribution < 1.29 is 17.9 Å². The summed E-state index contributed by atoms with van der Waals surface area (Å²) in [6.07, 6.45) is 5.38. The van der Waals surface area contributed by atoms with Crippen molar-refractivity contribution in [2.75, 3.05) is 26.3 Å². The number of rotatable bonds is 3. The number of fused-ring (bicyclic) bond motifs is 1. The molecule has 5 heterocycles. The first-order chi connectivity index (χ1) is 14.4. The monoisotopic (exact) mass is 417 g/mol. The van der Waals surface area contributed by atoms with E-state index in [1.165, 1.54) is 6.07 Å². The first-order valence-corrected chi connectivity index (χ1v) is 10.1. The van der Waals surface area contributed by atoms with Gasteiger partial charge in [-0.2, -0.15) is 18.3 Å². The highest BCUT2D eigenvalue weighted by atomic mass is 19.4. The van der Waals surface area contributed by atoms with Gasteiger partial charge in [-0.05, 0) is 55.5 Å². The lowest BCUT2D eigenvalue weighted by atomic mass is 9.78. The van der Waals surface area contributed by atoms with Crippen molar-refractivity contribution in [2.24, 2.45) is 5.41 Å². The van der Waals surface area contributed by atoms with Crippen molar-refractivity contribution in [2.45, 2.75) is 32.0 Å². The van der Waals surface area contributed by atoms with E-state index in [9.17, 15) is 13.2 Å². The van der Waals surface area contributed by atoms with E-state index in [-0.39, 0.29) is 0 Å². The zero-order chi connectivity index (χ0) is 20.8. The number of ether oxygens (including phenoxy) is 1. The Kier molecular flexibility index (Phi) is 4.74. The average molecular weight is 417 g/mol. The van der Waals surface area contributed by atoms with Gasteiger partial charge in [0.25, 0.3) is 0 Å². The minimum absolute atomic E-state index is 0.370. The van der Waals surface area contributed by atoms with E-state index in [1.54, 1.807) is 16.9 Å². The van der Waals surface area contributed by atoms with Gasteiger partial charge in [-0.25, -0.2) is 9.50 Å². The van der Waals surface area contributed by atoms with E-state index in [1.807, 2.05) is 6.20 Å². The lowest BCUT2D eigenvalue weighted by molar-refractivity contribution is -0.141. The minimum Gasteiger partial charge on any atom is -0.381 e. The second-order valence-corrected chi connectivity index (χ2v) is 8.29. The Morgan fingerprint density at radius 2 is 1.93 bits per heavy atom. The molecule has 30 heavy (non-hydrogen) atoms. The Bertz CT molecular complexity index is 1050. The van der Waals surface area contributed by atoms with Crippen LogP contribution in [-0.2, 0) is 17.5 Å². The molecule has 5 rings (SSSR count). The normalized spacial score (nSPS) is 19.7. The fraction of sp³-hybridized carbons (Fsp3) is 0.476. The summed E-state index contributed by atoms with van der Waals surface area (Å²) < 4.78 is 46.2. The molecule has 3 aromatic heterocycles. The predicted molar refractivity (Wildman–Crippen MR) is 104 cm³/mol. The van der Waals surface area contributed by atoms with E-state index in [0.717, 1.165) is 69.9 Å². The molecule has 1 spiro atoms. The van der Waals surface area contributed by atoms with Crippen LogP contribution in [-0.4, -0.2) is 50.8 Å². The number of hydrogen-bond donors (Lipinski definition) is 0. The Hall–Kier alpha value is -2.52. The van der Waals surface area contributed by atoms with Crippen molar-refractivity contribution in [1.29, 1.82) is 0 Å². The summed E-state index contributed by atoms with van der Waals surface area (Å²) in [6, 6.07) is 2.57. The maximum absolute atomic E-state index is 13.0. The maximum Gasteiger partial charge on any atom is 0.433 e. The standard InChI is InChI=1S/C21H22F3N5O/c22-21(23,24)18-9-16(1-5-25-18)17-11-27-29-13-15(10-26-19(17)29)12-28-6-2-20(3-7-28)4-8-30-14-20/h1,5,9-11,13H,2-4,6-8,12,14H2. The Balaban J connectivity index is 1.33. The largest absolute Gasteiger partial charge is 0.433 e. The van der Waals surface area contributed by atoms with Crippen LogP contribution in [0, 0.1) is 5.41 Å². The zero-order valence-electron chi connectivity index (χ0n) is 16.4. The van der Waals surface area contributed by atoms with Crippen molar-refractivity contribution >= 4 is 5.65 Å². The smallest absolute Gasteiger partial charge is 0.381 e. The van der Waals surface area contributed by atoms with Crippen LogP contribution in [0.3, 0.4) is 0 Å². The first-order valence-electron chi connectivity index (χ1n) is 10.1. The molecular weight excluding hydrogens is 395 g/mol. The number of aromatic nitrogens is 4. The van der Waals surface area contributed by atoms with Crippen molar-refractivity contribution in [3.63, 3.8) is 0 Å². The highest BCUT2D eigenvalue weighted by molar-refractivity contribution is 5.76. The van der Waals surface area contributed by atoms with Crippen LogP contribution < -0.4 is 0 Å². The summed E-state index contributed by atoms with van der Waals surface area (Å²) in [5.41, 5.74) is 1.95. The third-order valence-electron chi connectivity index (χ3n) is 6.28. The number of alkyl halides is 3. The van der Waals surface area contributed by atoms with Crippen LogP contribution in [0.15, 0.2) is 36.9 Å². The molecule has 0 bridgehead atoms. The zero-order valence-corrected chi connectivity index (χ0v) is 16.4. The Morgan fingerprint density at radius 3 is 2.67 bits per heavy atom. The summed E-state index contributed by atoms with van der Waals surface area (Å²) >= 11 is 0. The number of pyridine rings is 1. The van der Waals surface area contributed by atoms with Gasteiger partial charge in [0.1, 0.15) is 5.69 Å². The molecule has 2 saturated heterocycles. The third kappa shape index (κ3) is 3.67. The van der Waals surface area contributed by atoms with Crippen molar-refractivity contribution in [3.8, 4) is 11.1 Å². The molecule has 0 unspecified atom stereocenters. The molecule has 158 valence electrons. The summed E-state index contributed by atoms with van der Waals surface area (Å²) in [4.78, 5) is 10.3. The number of nitrogens with zero attached hydrogens (tertiary/aromatic N) is 5. The van der Waals surface area contributed by atoms with Crippen LogP contribution in [0.2, 0.25) is 0 Å². The van der Waals surface area contributed by atoms with Crippen molar-refractivity contribution in [3.05, 3.63) is 48.2 Å². The maximum atomic E-state index is 13.0. The number of piperidine rings is 1. The highest BCUT2D eigenvalue weighted by Crippen LogP contribution is 2.39. The van der Waals surface area contributed by atoms with Gasteiger partial charge in [0.2, 0.25) is 0 Å². The second-order valence-electron chi connectivity index (χ2n) is 8.29. The Labute approximate surface area is 171 Å². The molecule has 0 amide bonds. The summed E-state index contributed by atoms with van der Waals surface area (Å²) in [6.45, 7) is 4.61. The quantitative estimate of drug-likeness (QED) is 0.649. The lowest BCUT2D eigenvalue weighted by Gasteiger charge is -2.38. The fourth-order valence-corrected chi connectivity index (χ4v) is 4.44. The number of halogens is 3. The number of likely N-dealkylation sites (tertiary alicyclic amines) is 1. The molecule has 2 aliphatic heterocycles. The molecule has 2 fully saturated rings. The fourth-order valence-electron chi connectivity index (χ4n) is 4.44. The predicted octanol–water partition coefficient (Wildman–Crippen LogP) is 3.81. The van der Waals surface area contributed by atoms with Gasteiger partial charge in [-0.1, -0.05) is 0 Å². The van der Waals surface area contributed by atoms with Crippen molar-refractivity contribution in [1.82, 2.24) is 24.5 Å². The summed E-state index contributed by atoms with van der Waals surface area (Å²) in [7, 11) is 0. The Morgan fingerprint density at radius 1 is 1.10 bits per heavy atom. The number of hydrogen-bond acceptors (Lipinski definition) is 5. The molecule has 3 aromatic rings. The molecule has 9 heteroatoms. The molecule has 0 saturated carbocycles. The van der Waals surface area contributed by atoms with Gasteiger partial charge in [0.15, 0.2) is 5.65 Å². The van der Waals surface area contributed by atoms with E-state index in [2.05, 4.69) is 20.0 Å². The van der Waals surface area contributed by atoms with Crippen LogP contribution in [0.5, 0.6) is 0 Å². The molecule has 0 N–H and O–H groups in total. The minimum atomic E-state index is -4.49. The first kappa shape index (κ1) is 19.4. The van der Waals surface area contributed by atoms with Gasteiger partial charge in [-0.3, -0.25) is 9.88 Å². The third-order valence-corrected chi connectivity index (χ3v) is 6.28.